The molecular formula is C26H30FN3O3. The number of piperazine rings is 1. The number of aromatic hydroxyl groups is 1. The Morgan fingerprint density at radius 3 is 2.45 bits per heavy atom. The highest BCUT2D eigenvalue weighted by Crippen LogP contribution is 2.35. The average Bonchev–Trinajstić information content (AvgIpc) is 2.82. The molecule has 1 atom stereocenters. The van der Waals surface area contributed by atoms with Gasteiger partial charge in [0.15, 0.2) is 0 Å². The molecule has 7 heteroatoms. The fraction of sp³-hybridized carbons (Fsp3) is 0.346. The van der Waals surface area contributed by atoms with E-state index in [1.165, 1.54) is 6.07 Å². The number of hydrogen-bond donors (Lipinski definition) is 1. The lowest BCUT2D eigenvalue weighted by atomic mass is 9.95. The number of anilines is 1. The number of ether oxygens (including phenoxy) is 1. The summed E-state index contributed by atoms with van der Waals surface area (Å²) in [5.74, 6) is 0.439. The van der Waals surface area contributed by atoms with Gasteiger partial charge in [-0.2, -0.15) is 0 Å². The van der Waals surface area contributed by atoms with E-state index in [4.69, 9.17) is 4.74 Å². The molecule has 0 amide bonds. The molecule has 1 saturated heterocycles. The molecule has 6 nitrogen and oxygen atoms in total. The fourth-order valence-electron chi connectivity index (χ4n) is 4.72. The SMILES string of the molecule is CCn1c(C)cc(O)c(C(c2cccc(OC)c2)N2CCN(c3ccccc3F)CC2)c1=O. The van der Waals surface area contributed by atoms with Gasteiger partial charge in [-0.15, -0.1) is 0 Å². The predicted octanol–water partition coefficient (Wildman–Crippen LogP) is 3.94. The molecule has 0 saturated carbocycles. The van der Waals surface area contributed by atoms with Crippen LogP contribution in [0.4, 0.5) is 10.1 Å². The van der Waals surface area contributed by atoms with Crippen LogP contribution in [0.3, 0.4) is 0 Å². The summed E-state index contributed by atoms with van der Waals surface area (Å²) >= 11 is 0. The van der Waals surface area contributed by atoms with Crippen LogP contribution in [0.15, 0.2) is 59.4 Å². The number of benzene rings is 2. The van der Waals surface area contributed by atoms with Crippen molar-refractivity contribution >= 4 is 5.69 Å². The number of para-hydroxylation sites is 1. The van der Waals surface area contributed by atoms with Crippen molar-refractivity contribution in [3.05, 3.63) is 87.6 Å². The molecule has 0 bridgehead atoms. The van der Waals surface area contributed by atoms with Crippen LogP contribution in [0.5, 0.6) is 11.5 Å². The molecule has 0 radical (unpaired) electrons. The minimum atomic E-state index is -0.450. The van der Waals surface area contributed by atoms with Gasteiger partial charge in [-0.05, 0) is 49.7 Å². The van der Waals surface area contributed by atoms with E-state index in [0.717, 1.165) is 11.3 Å². The van der Waals surface area contributed by atoms with Gasteiger partial charge in [0.25, 0.3) is 5.56 Å². The summed E-state index contributed by atoms with van der Waals surface area (Å²) in [4.78, 5) is 17.7. The van der Waals surface area contributed by atoms with Crippen molar-refractivity contribution in [2.24, 2.45) is 0 Å². The molecule has 4 rings (SSSR count). The Balaban J connectivity index is 1.74. The molecule has 2 heterocycles. The second-order valence-corrected chi connectivity index (χ2v) is 8.29. The number of aryl methyl sites for hydroxylation is 1. The van der Waals surface area contributed by atoms with Crippen molar-refractivity contribution in [2.75, 3.05) is 38.2 Å². The second kappa shape index (κ2) is 9.67. The van der Waals surface area contributed by atoms with Gasteiger partial charge in [-0.25, -0.2) is 4.39 Å². The second-order valence-electron chi connectivity index (χ2n) is 8.29. The van der Waals surface area contributed by atoms with Crippen LogP contribution < -0.4 is 15.2 Å². The summed E-state index contributed by atoms with van der Waals surface area (Å²) in [5.41, 5.74) is 2.33. The number of rotatable bonds is 6. The van der Waals surface area contributed by atoms with Gasteiger partial charge >= 0.3 is 0 Å². The first-order valence-corrected chi connectivity index (χ1v) is 11.2. The van der Waals surface area contributed by atoms with Gasteiger partial charge in [0, 0.05) is 38.4 Å². The highest BCUT2D eigenvalue weighted by Gasteiger charge is 2.32. The maximum Gasteiger partial charge on any atom is 0.259 e. The van der Waals surface area contributed by atoms with E-state index < -0.39 is 6.04 Å². The Bertz CT molecular complexity index is 1190. The van der Waals surface area contributed by atoms with Crippen molar-refractivity contribution in [1.82, 2.24) is 9.47 Å². The number of hydrogen-bond acceptors (Lipinski definition) is 5. The largest absolute Gasteiger partial charge is 0.507 e. The topological polar surface area (TPSA) is 57.9 Å². The van der Waals surface area contributed by atoms with Crippen LogP contribution in [-0.2, 0) is 6.54 Å². The molecule has 0 aliphatic carbocycles. The van der Waals surface area contributed by atoms with Crippen molar-refractivity contribution < 1.29 is 14.2 Å². The molecule has 2 aromatic carbocycles. The zero-order valence-corrected chi connectivity index (χ0v) is 19.3. The maximum atomic E-state index is 14.3. The normalized spacial score (nSPS) is 15.5. The fourth-order valence-corrected chi connectivity index (χ4v) is 4.72. The van der Waals surface area contributed by atoms with Crippen molar-refractivity contribution in [2.45, 2.75) is 26.4 Å². The Morgan fingerprint density at radius 2 is 1.79 bits per heavy atom. The third kappa shape index (κ3) is 4.46. The Kier molecular flexibility index (Phi) is 6.70. The number of pyridine rings is 1. The smallest absolute Gasteiger partial charge is 0.259 e. The zero-order valence-electron chi connectivity index (χ0n) is 19.3. The Morgan fingerprint density at radius 1 is 1.06 bits per heavy atom. The van der Waals surface area contributed by atoms with Crippen LogP contribution in [0, 0.1) is 12.7 Å². The van der Waals surface area contributed by atoms with Gasteiger partial charge in [0.1, 0.15) is 17.3 Å². The third-order valence-corrected chi connectivity index (χ3v) is 6.39. The molecule has 33 heavy (non-hydrogen) atoms. The molecule has 0 spiro atoms. The van der Waals surface area contributed by atoms with E-state index in [1.54, 1.807) is 29.9 Å². The molecule has 1 aliphatic heterocycles. The van der Waals surface area contributed by atoms with Crippen molar-refractivity contribution in [1.29, 1.82) is 0 Å². The first-order valence-electron chi connectivity index (χ1n) is 11.2. The summed E-state index contributed by atoms with van der Waals surface area (Å²) in [7, 11) is 1.61. The van der Waals surface area contributed by atoms with Gasteiger partial charge in [0.2, 0.25) is 0 Å². The summed E-state index contributed by atoms with van der Waals surface area (Å²) in [6.45, 7) is 6.69. The van der Waals surface area contributed by atoms with E-state index in [9.17, 15) is 14.3 Å². The minimum absolute atomic E-state index is 0.00782. The van der Waals surface area contributed by atoms with Crippen LogP contribution in [0.2, 0.25) is 0 Å². The van der Waals surface area contributed by atoms with E-state index in [-0.39, 0.29) is 17.1 Å². The summed E-state index contributed by atoms with van der Waals surface area (Å²) in [5, 5.41) is 10.9. The first kappa shape index (κ1) is 22.9. The lowest BCUT2D eigenvalue weighted by molar-refractivity contribution is 0.206. The molecule has 1 fully saturated rings. The van der Waals surface area contributed by atoms with Crippen molar-refractivity contribution in [3.63, 3.8) is 0 Å². The van der Waals surface area contributed by atoms with E-state index in [0.29, 0.717) is 49.7 Å². The van der Waals surface area contributed by atoms with Gasteiger partial charge in [-0.3, -0.25) is 9.69 Å². The molecule has 1 aromatic heterocycles. The Labute approximate surface area is 193 Å². The molecule has 174 valence electrons. The zero-order chi connectivity index (χ0) is 23.5. The molecular weight excluding hydrogens is 421 g/mol. The van der Waals surface area contributed by atoms with E-state index >= 15 is 0 Å². The van der Waals surface area contributed by atoms with Gasteiger partial charge in [-0.1, -0.05) is 24.3 Å². The van der Waals surface area contributed by atoms with Gasteiger partial charge < -0.3 is 19.3 Å². The monoisotopic (exact) mass is 451 g/mol. The lowest BCUT2D eigenvalue weighted by Crippen LogP contribution is -2.49. The quantitative estimate of drug-likeness (QED) is 0.615. The van der Waals surface area contributed by atoms with Crippen LogP contribution in [-0.4, -0.2) is 47.9 Å². The van der Waals surface area contributed by atoms with E-state index in [2.05, 4.69) is 4.90 Å². The van der Waals surface area contributed by atoms with Gasteiger partial charge in [0.05, 0.1) is 24.4 Å². The number of aromatic nitrogens is 1. The number of nitrogens with zero attached hydrogens (tertiary/aromatic N) is 3. The highest BCUT2D eigenvalue weighted by molar-refractivity contribution is 5.48. The van der Waals surface area contributed by atoms with E-state index in [1.807, 2.05) is 49.1 Å². The summed E-state index contributed by atoms with van der Waals surface area (Å²) < 4.78 is 21.4. The molecule has 1 aliphatic rings. The molecule has 1 unspecified atom stereocenters. The lowest BCUT2D eigenvalue weighted by Gasteiger charge is -2.40. The molecule has 1 N–H and O–H groups in total. The standard InChI is InChI=1S/C26H30FN3O3/c1-4-30-18(2)16-23(31)24(26(30)32)25(19-8-7-9-20(17-19)33-3)29-14-12-28(13-15-29)22-11-6-5-10-21(22)27/h5-11,16-17,25,31H,4,12-15H2,1-3H3. The van der Waals surface area contributed by atoms with Crippen LogP contribution in [0.25, 0.3) is 0 Å². The summed E-state index contributed by atoms with van der Waals surface area (Å²) in [6.07, 6.45) is 0. The minimum Gasteiger partial charge on any atom is -0.507 e. The van der Waals surface area contributed by atoms with Crippen molar-refractivity contribution in [3.8, 4) is 11.5 Å². The average molecular weight is 452 g/mol. The van der Waals surface area contributed by atoms with Crippen LogP contribution in [0.1, 0.15) is 29.8 Å². The predicted molar refractivity (Wildman–Crippen MR) is 128 cm³/mol. The number of halogens is 1. The maximum absolute atomic E-state index is 14.3. The van der Waals surface area contributed by atoms with Crippen LogP contribution >= 0.6 is 0 Å². The number of methoxy groups -OCH3 is 1. The first-order chi connectivity index (χ1) is 15.9. The molecule has 3 aromatic rings. The highest BCUT2D eigenvalue weighted by atomic mass is 19.1. The summed E-state index contributed by atoms with van der Waals surface area (Å²) in [6, 6.07) is 15.6. The third-order valence-electron chi connectivity index (χ3n) is 6.39. The Hall–Kier alpha value is -3.32.